The molecule has 0 fully saturated rings. The summed E-state index contributed by atoms with van der Waals surface area (Å²) in [5, 5.41) is 3.37. The molecule has 0 aromatic heterocycles. The van der Waals surface area contributed by atoms with E-state index in [1.807, 2.05) is 20.8 Å². The number of halogens is 1. The number of aryl methyl sites for hydroxylation is 1. The van der Waals surface area contributed by atoms with Gasteiger partial charge < -0.3 is 15.0 Å². The van der Waals surface area contributed by atoms with Gasteiger partial charge >= 0.3 is 0 Å². The van der Waals surface area contributed by atoms with Crippen LogP contribution in [0.1, 0.15) is 44.7 Å². The molecular formula is C31H38ClN3O5S. The molecule has 0 bridgehead atoms. The number of hydrogen-bond acceptors (Lipinski definition) is 5. The zero-order valence-corrected chi connectivity index (χ0v) is 25.5. The second-order valence-corrected chi connectivity index (χ2v) is 12.0. The summed E-state index contributed by atoms with van der Waals surface area (Å²) in [5.74, 6) is -0.272. The van der Waals surface area contributed by atoms with Crippen LogP contribution in [0.5, 0.6) is 5.75 Å². The van der Waals surface area contributed by atoms with Crippen molar-refractivity contribution in [1.82, 2.24) is 10.2 Å². The molecule has 0 heterocycles. The van der Waals surface area contributed by atoms with E-state index in [9.17, 15) is 18.0 Å². The van der Waals surface area contributed by atoms with Crippen LogP contribution in [0.25, 0.3) is 0 Å². The molecule has 0 saturated carbocycles. The standard InChI is InChI=1S/C31H38ClN3O5S/c1-5-7-19-33-31(37)24(4)34(21-25-9-8-10-26(32)20-25)30(36)22-35(27-13-15-28(16-14-27)40-6-2)41(38,39)29-17-11-23(3)12-18-29/h8-18,20,24H,5-7,19,21-22H2,1-4H3,(H,33,37). The molecule has 220 valence electrons. The van der Waals surface area contributed by atoms with Crippen molar-refractivity contribution in [3.63, 3.8) is 0 Å². The first-order valence-corrected chi connectivity index (χ1v) is 15.5. The van der Waals surface area contributed by atoms with E-state index in [0.29, 0.717) is 35.2 Å². The number of rotatable bonds is 14. The molecule has 1 N–H and O–H groups in total. The molecule has 1 atom stereocenters. The molecule has 1 unspecified atom stereocenters. The van der Waals surface area contributed by atoms with E-state index in [4.69, 9.17) is 16.3 Å². The summed E-state index contributed by atoms with van der Waals surface area (Å²) < 4.78 is 34.4. The highest BCUT2D eigenvalue weighted by Crippen LogP contribution is 2.27. The number of nitrogens with one attached hydrogen (secondary N) is 1. The van der Waals surface area contributed by atoms with Crippen LogP contribution >= 0.6 is 11.6 Å². The van der Waals surface area contributed by atoms with Crippen molar-refractivity contribution in [1.29, 1.82) is 0 Å². The molecule has 0 spiro atoms. The minimum absolute atomic E-state index is 0.0523. The Hall–Kier alpha value is -3.56. The lowest BCUT2D eigenvalue weighted by atomic mass is 10.1. The van der Waals surface area contributed by atoms with Crippen LogP contribution in [0.4, 0.5) is 5.69 Å². The number of anilines is 1. The maximum Gasteiger partial charge on any atom is 0.264 e. The van der Waals surface area contributed by atoms with E-state index < -0.39 is 28.5 Å². The molecule has 10 heteroatoms. The molecule has 8 nitrogen and oxygen atoms in total. The highest BCUT2D eigenvalue weighted by molar-refractivity contribution is 7.92. The van der Waals surface area contributed by atoms with Gasteiger partial charge in [-0.15, -0.1) is 0 Å². The maximum atomic E-state index is 14.0. The van der Waals surface area contributed by atoms with Crippen LogP contribution in [0.2, 0.25) is 5.02 Å². The van der Waals surface area contributed by atoms with E-state index in [-0.39, 0.29) is 17.3 Å². The number of amides is 2. The molecule has 3 aromatic carbocycles. The summed E-state index contributed by atoms with van der Waals surface area (Å²) in [4.78, 5) is 28.5. The summed E-state index contributed by atoms with van der Waals surface area (Å²) in [6.45, 7) is 7.88. The van der Waals surface area contributed by atoms with Crippen LogP contribution in [0.3, 0.4) is 0 Å². The van der Waals surface area contributed by atoms with Gasteiger partial charge in [0.1, 0.15) is 18.3 Å². The first kappa shape index (κ1) is 32.0. The van der Waals surface area contributed by atoms with Crippen molar-refractivity contribution >= 4 is 39.1 Å². The highest BCUT2D eigenvalue weighted by Gasteiger charge is 2.32. The van der Waals surface area contributed by atoms with Crippen LogP contribution in [-0.4, -0.2) is 50.9 Å². The van der Waals surface area contributed by atoms with Crippen molar-refractivity contribution in [3.8, 4) is 5.75 Å². The second-order valence-electron chi connectivity index (χ2n) is 9.72. The lowest BCUT2D eigenvalue weighted by Crippen LogP contribution is -2.51. The number of nitrogens with zero attached hydrogens (tertiary/aromatic N) is 2. The molecule has 0 saturated heterocycles. The van der Waals surface area contributed by atoms with E-state index in [0.717, 1.165) is 22.7 Å². The van der Waals surface area contributed by atoms with Gasteiger partial charge in [-0.2, -0.15) is 0 Å². The minimum atomic E-state index is -4.14. The SMILES string of the molecule is CCCCNC(=O)C(C)N(Cc1cccc(Cl)c1)C(=O)CN(c1ccc(OCC)cc1)S(=O)(=O)c1ccc(C)cc1. The fourth-order valence-electron chi connectivity index (χ4n) is 4.19. The van der Waals surface area contributed by atoms with Crippen molar-refractivity contribution in [3.05, 3.63) is 88.9 Å². The average Bonchev–Trinajstić information content (AvgIpc) is 2.95. The van der Waals surface area contributed by atoms with Gasteiger partial charge in [-0.05, 0) is 81.3 Å². The fraction of sp³-hybridized carbons (Fsp3) is 0.355. The van der Waals surface area contributed by atoms with Gasteiger partial charge in [-0.3, -0.25) is 13.9 Å². The number of hydrogen-bond donors (Lipinski definition) is 1. The normalized spacial score (nSPS) is 11.9. The predicted octanol–water partition coefficient (Wildman–Crippen LogP) is 5.58. The highest BCUT2D eigenvalue weighted by atomic mass is 35.5. The van der Waals surface area contributed by atoms with E-state index in [2.05, 4.69) is 5.32 Å². The van der Waals surface area contributed by atoms with Gasteiger partial charge in [-0.25, -0.2) is 8.42 Å². The zero-order chi connectivity index (χ0) is 30.0. The Kier molecular flexibility index (Phi) is 11.6. The van der Waals surface area contributed by atoms with Gasteiger partial charge in [0, 0.05) is 18.1 Å². The van der Waals surface area contributed by atoms with Crippen molar-refractivity contribution in [2.45, 2.75) is 58.0 Å². The van der Waals surface area contributed by atoms with Crippen LogP contribution in [0.15, 0.2) is 77.7 Å². The van der Waals surface area contributed by atoms with Crippen molar-refractivity contribution < 1.29 is 22.7 Å². The first-order valence-electron chi connectivity index (χ1n) is 13.7. The number of carbonyl (C=O) groups is 2. The van der Waals surface area contributed by atoms with Crippen molar-refractivity contribution in [2.24, 2.45) is 0 Å². The molecule has 0 aliphatic heterocycles. The first-order chi connectivity index (χ1) is 19.6. The molecule has 2 amide bonds. The van der Waals surface area contributed by atoms with Gasteiger partial charge in [0.25, 0.3) is 10.0 Å². The number of sulfonamides is 1. The van der Waals surface area contributed by atoms with Crippen LogP contribution in [-0.2, 0) is 26.2 Å². The Balaban J connectivity index is 2.00. The lowest BCUT2D eigenvalue weighted by Gasteiger charge is -2.32. The molecule has 0 aliphatic carbocycles. The predicted molar refractivity (Wildman–Crippen MR) is 163 cm³/mol. The Bertz CT molecular complexity index is 1410. The summed E-state index contributed by atoms with van der Waals surface area (Å²) in [6, 6.07) is 19.1. The number of carbonyl (C=O) groups excluding carboxylic acids is 2. The molecule has 0 radical (unpaired) electrons. The van der Waals surface area contributed by atoms with Gasteiger partial charge in [-0.1, -0.05) is 54.8 Å². The quantitative estimate of drug-likeness (QED) is 0.244. The summed E-state index contributed by atoms with van der Waals surface area (Å²) in [5.41, 5.74) is 1.92. The van der Waals surface area contributed by atoms with Gasteiger partial charge in [0.15, 0.2) is 0 Å². The topological polar surface area (TPSA) is 96.0 Å². The van der Waals surface area contributed by atoms with Crippen LogP contribution in [0, 0.1) is 6.92 Å². The maximum absolute atomic E-state index is 14.0. The summed E-state index contributed by atoms with van der Waals surface area (Å²) in [7, 11) is -4.14. The Labute approximate surface area is 248 Å². The van der Waals surface area contributed by atoms with Crippen molar-refractivity contribution in [2.75, 3.05) is 24.0 Å². The van der Waals surface area contributed by atoms with Gasteiger partial charge in [0.05, 0.1) is 17.2 Å². The third kappa shape index (κ3) is 8.71. The molecule has 3 rings (SSSR count). The Morgan fingerprint density at radius 3 is 2.29 bits per heavy atom. The molecule has 3 aromatic rings. The molecule has 41 heavy (non-hydrogen) atoms. The largest absolute Gasteiger partial charge is 0.494 e. The molecule has 0 aliphatic rings. The third-order valence-electron chi connectivity index (χ3n) is 6.56. The van der Waals surface area contributed by atoms with E-state index in [1.165, 1.54) is 17.0 Å². The number of benzene rings is 3. The smallest absolute Gasteiger partial charge is 0.264 e. The molecular weight excluding hydrogens is 562 g/mol. The summed E-state index contributed by atoms with van der Waals surface area (Å²) >= 11 is 6.19. The lowest BCUT2D eigenvalue weighted by molar-refractivity contribution is -0.139. The number of ether oxygens (including phenoxy) is 1. The van der Waals surface area contributed by atoms with E-state index in [1.54, 1.807) is 67.6 Å². The fourth-order valence-corrected chi connectivity index (χ4v) is 5.82. The minimum Gasteiger partial charge on any atom is -0.494 e. The summed E-state index contributed by atoms with van der Waals surface area (Å²) in [6.07, 6.45) is 1.72. The monoisotopic (exact) mass is 599 g/mol. The van der Waals surface area contributed by atoms with E-state index >= 15 is 0 Å². The van der Waals surface area contributed by atoms with Gasteiger partial charge in [0.2, 0.25) is 11.8 Å². The Morgan fingerprint density at radius 2 is 1.68 bits per heavy atom. The van der Waals surface area contributed by atoms with Crippen LogP contribution < -0.4 is 14.4 Å². The number of unbranched alkanes of at least 4 members (excludes halogenated alkanes) is 1. The Morgan fingerprint density at radius 1 is 1.00 bits per heavy atom. The third-order valence-corrected chi connectivity index (χ3v) is 8.59. The zero-order valence-electron chi connectivity index (χ0n) is 24.0. The average molecular weight is 600 g/mol. The second kappa shape index (κ2) is 14.9.